The zero-order valence-electron chi connectivity index (χ0n) is 11.1. The van der Waals surface area contributed by atoms with E-state index in [4.69, 9.17) is 11.0 Å². The van der Waals surface area contributed by atoms with Crippen molar-refractivity contribution in [2.24, 2.45) is 0 Å². The first kappa shape index (κ1) is 13.4. The number of benzene rings is 1. The highest BCUT2D eigenvalue weighted by molar-refractivity contribution is 7.11. The maximum absolute atomic E-state index is 9.11. The molecule has 1 aromatic carbocycles. The van der Waals surface area contributed by atoms with Crippen molar-refractivity contribution in [3.8, 4) is 6.07 Å². The predicted molar refractivity (Wildman–Crippen MR) is 81.4 cm³/mol. The molecule has 98 valence electrons. The van der Waals surface area contributed by atoms with Crippen molar-refractivity contribution in [2.45, 2.75) is 26.3 Å². The highest BCUT2D eigenvalue weighted by atomic mass is 32.1. The third-order valence-corrected chi connectivity index (χ3v) is 3.89. The Bertz CT molecular complexity index is 610. The van der Waals surface area contributed by atoms with Crippen molar-refractivity contribution in [3.05, 3.63) is 45.6 Å². The minimum Gasteiger partial charge on any atom is -0.399 e. The number of rotatable bonds is 4. The number of hydrogen-bond donors (Lipinski definition) is 2. The van der Waals surface area contributed by atoms with Crippen LogP contribution >= 0.6 is 11.3 Å². The predicted octanol–water partition coefficient (Wildman–Crippen LogP) is 3.55. The fourth-order valence-electron chi connectivity index (χ4n) is 1.99. The van der Waals surface area contributed by atoms with Crippen molar-refractivity contribution >= 4 is 22.7 Å². The second kappa shape index (κ2) is 5.77. The lowest BCUT2D eigenvalue weighted by molar-refractivity contribution is 0.800. The number of hydrogen-bond acceptors (Lipinski definition) is 4. The van der Waals surface area contributed by atoms with E-state index in [1.807, 2.05) is 23.5 Å². The van der Waals surface area contributed by atoms with E-state index in [0.29, 0.717) is 11.3 Å². The molecule has 0 aliphatic carbocycles. The number of nitrogens with two attached hydrogens (primary N) is 1. The lowest BCUT2D eigenvalue weighted by Crippen LogP contribution is -2.18. The van der Waals surface area contributed by atoms with Crippen LogP contribution in [-0.4, -0.2) is 6.04 Å². The molecule has 0 saturated carbocycles. The summed E-state index contributed by atoms with van der Waals surface area (Å²) in [5.41, 5.74) is 7.73. The molecule has 0 amide bonds. The van der Waals surface area contributed by atoms with Gasteiger partial charge in [-0.2, -0.15) is 5.26 Å². The van der Waals surface area contributed by atoms with E-state index in [2.05, 4.69) is 37.4 Å². The first-order valence-corrected chi connectivity index (χ1v) is 7.01. The molecular formula is C15H17N3S. The van der Waals surface area contributed by atoms with Gasteiger partial charge in [0.15, 0.2) is 0 Å². The second-order valence-corrected chi connectivity index (χ2v) is 6.05. The molecule has 3 N–H and O–H groups in total. The number of thiophene rings is 1. The largest absolute Gasteiger partial charge is 0.399 e. The molecule has 0 spiro atoms. The van der Waals surface area contributed by atoms with E-state index >= 15 is 0 Å². The Morgan fingerprint density at radius 2 is 2.16 bits per heavy atom. The monoisotopic (exact) mass is 271 g/mol. The van der Waals surface area contributed by atoms with Gasteiger partial charge in [0.2, 0.25) is 0 Å². The van der Waals surface area contributed by atoms with E-state index in [0.717, 1.165) is 12.1 Å². The van der Waals surface area contributed by atoms with Gasteiger partial charge in [0.05, 0.1) is 11.3 Å². The molecule has 1 unspecified atom stereocenters. The first-order valence-electron chi connectivity index (χ1n) is 6.20. The standard InChI is InChI=1S/C15H17N3S/c1-10(7-14-5-3-11(2)19-14)18-15-6-4-13(17)8-12(15)9-16/h3-6,8,10,18H,7,17H2,1-2H3. The van der Waals surface area contributed by atoms with E-state index in [1.54, 1.807) is 6.07 Å². The van der Waals surface area contributed by atoms with Crippen LogP contribution < -0.4 is 11.1 Å². The van der Waals surface area contributed by atoms with E-state index < -0.39 is 0 Å². The number of nitrogens with one attached hydrogen (secondary N) is 1. The zero-order chi connectivity index (χ0) is 13.8. The van der Waals surface area contributed by atoms with Gasteiger partial charge < -0.3 is 11.1 Å². The van der Waals surface area contributed by atoms with Gasteiger partial charge in [-0.05, 0) is 44.2 Å². The molecule has 0 bridgehead atoms. The van der Waals surface area contributed by atoms with Crippen molar-refractivity contribution < 1.29 is 0 Å². The van der Waals surface area contributed by atoms with Crippen LogP contribution in [0.15, 0.2) is 30.3 Å². The topological polar surface area (TPSA) is 61.8 Å². The highest BCUT2D eigenvalue weighted by Crippen LogP contribution is 2.21. The molecule has 0 saturated heterocycles. The molecular weight excluding hydrogens is 254 g/mol. The van der Waals surface area contributed by atoms with Crippen LogP contribution in [0.1, 0.15) is 22.2 Å². The van der Waals surface area contributed by atoms with Gasteiger partial charge in [0.1, 0.15) is 6.07 Å². The maximum atomic E-state index is 9.11. The fraction of sp³-hybridized carbons (Fsp3) is 0.267. The summed E-state index contributed by atoms with van der Waals surface area (Å²) in [6.45, 7) is 4.23. The van der Waals surface area contributed by atoms with E-state index in [9.17, 15) is 0 Å². The molecule has 1 aromatic heterocycles. The Hall–Kier alpha value is -1.99. The minimum atomic E-state index is 0.272. The Morgan fingerprint density at radius 3 is 2.79 bits per heavy atom. The summed E-state index contributed by atoms with van der Waals surface area (Å²) in [4.78, 5) is 2.68. The molecule has 1 heterocycles. The zero-order valence-corrected chi connectivity index (χ0v) is 11.9. The molecule has 3 nitrogen and oxygen atoms in total. The van der Waals surface area contributed by atoms with Gasteiger partial charge in [-0.3, -0.25) is 0 Å². The van der Waals surface area contributed by atoms with Crippen molar-refractivity contribution in [1.29, 1.82) is 5.26 Å². The smallest absolute Gasteiger partial charge is 0.101 e. The minimum absolute atomic E-state index is 0.272. The summed E-state index contributed by atoms with van der Waals surface area (Å²) in [5.74, 6) is 0. The van der Waals surface area contributed by atoms with Gasteiger partial charge in [0.25, 0.3) is 0 Å². The quantitative estimate of drug-likeness (QED) is 0.836. The van der Waals surface area contributed by atoms with Crippen LogP contribution in [0.5, 0.6) is 0 Å². The van der Waals surface area contributed by atoms with Gasteiger partial charge >= 0.3 is 0 Å². The van der Waals surface area contributed by atoms with Gasteiger partial charge in [-0.25, -0.2) is 0 Å². The first-order chi connectivity index (χ1) is 9.08. The van der Waals surface area contributed by atoms with Crippen LogP contribution in [-0.2, 0) is 6.42 Å². The van der Waals surface area contributed by atoms with Gasteiger partial charge in [-0.1, -0.05) is 0 Å². The summed E-state index contributed by atoms with van der Waals surface area (Å²) < 4.78 is 0. The maximum Gasteiger partial charge on any atom is 0.101 e. The van der Waals surface area contributed by atoms with Crippen LogP contribution in [0.3, 0.4) is 0 Å². The Labute approximate surface area is 117 Å². The summed E-state index contributed by atoms with van der Waals surface area (Å²) in [6.07, 6.45) is 0.952. The molecule has 19 heavy (non-hydrogen) atoms. The molecule has 0 aliphatic rings. The van der Waals surface area contributed by atoms with E-state index in [-0.39, 0.29) is 6.04 Å². The molecule has 0 fully saturated rings. The van der Waals surface area contributed by atoms with Gasteiger partial charge in [-0.15, -0.1) is 11.3 Å². The molecule has 2 aromatic rings. The number of nitrogen functional groups attached to an aromatic ring is 1. The Balaban J connectivity index is 2.07. The lowest BCUT2D eigenvalue weighted by Gasteiger charge is -2.15. The molecule has 0 radical (unpaired) electrons. The third kappa shape index (κ3) is 3.49. The van der Waals surface area contributed by atoms with Crippen molar-refractivity contribution in [2.75, 3.05) is 11.1 Å². The molecule has 2 rings (SSSR count). The number of nitrogens with zero attached hydrogens (tertiary/aromatic N) is 1. The lowest BCUT2D eigenvalue weighted by atomic mass is 10.1. The molecule has 4 heteroatoms. The summed E-state index contributed by atoms with van der Waals surface area (Å²) in [5, 5.41) is 12.5. The number of nitriles is 1. The summed E-state index contributed by atoms with van der Waals surface area (Å²) in [7, 11) is 0. The summed E-state index contributed by atoms with van der Waals surface area (Å²) in [6, 6.07) is 12.1. The van der Waals surface area contributed by atoms with Crippen LogP contribution in [0.25, 0.3) is 0 Å². The van der Waals surface area contributed by atoms with E-state index in [1.165, 1.54) is 9.75 Å². The van der Waals surface area contributed by atoms with Crippen molar-refractivity contribution in [1.82, 2.24) is 0 Å². The average molecular weight is 271 g/mol. The Kier molecular flexibility index (Phi) is 4.08. The SMILES string of the molecule is Cc1ccc(CC(C)Nc2ccc(N)cc2C#N)s1. The number of anilines is 2. The third-order valence-electron chi connectivity index (χ3n) is 2.87. The average Bonchev–Trinajstić information content (AvgIpc) is 2.76. The van der Waals surface area contributed by atoms with Gasteiger partial charge in [0, 0.05) is 27.9 Å². The molecule has 0 aliphatic heterocycles. The highest BCUT2D eigenvalue weighted by Gasteiger charge is 2.08. The molecule has 1 atom stereocenters. The number of aryl methyl sites for hydroxylation is 1. The fourth-order valence-corrected chi connectivity index (χ4v) is 3.01. The second-order valence-electron chi connectivity index (χ2n) is 4.68. The van der Waals surface area contributed by atoms with Crippen molar-refractivity contribution in [3.63, 3.8) is 0 Å². The van der Waals surface area contributed by atoms with Crippen LogP contribution in [0, 0.1) is 18.3 Å². The normalized spacial score (nSPS) is 11.8. The Morgan fingerprint density at radius 1 is 1.37 bits per heavy atom. The van der Waals surface area contributed by atoms with Crippen LogP contribution in [0.4, 0.5) is 11.4 Å². The summed E-state index contributed by atoms with van der Waals surface area (Å²) >= 11 is 1.81. The van der Waals surface area contributed by atoms with Crippen LogP contribution in [0.2, 0.25) is 0 Å².